The Kier molecular flexibility index (Phi) is 9.02. The number of likely N-dealkylation sites (tertiary alicyclic amines) is 1. The molecule has 2 aliphatic rings. The summed E-state index contributed by atoms with van der Waals surface area (Å²) in [7, 11) is 1.38. The van der Waals surface area contributed by atoms with E-state index in [2.05, 4.69) is 20.5 Å². The Morgan fingerprint density at radius 3 is 2.64 bits per heavy atom. The highest BCUT2D eigenvalue weighted by atomic mass is 32.2. The fraction of sp³-hybridized carbons (Fsp3) is 0.382. The van der Waals surface area contributed by atoms with Crippen LogP contribution in [0, 0.1) is 33.9 Å². The number of benzene rings is 2. The van der Waals surface area contributed by atoms with Crippen LogP contribution in [-0.2, 0) is 23.6 Å². The van der Waals surface area contributed by atoms with Gasteiger partial charge in [0.2, 0.25) is 5.88 Å². The van der Waals surface area contributed by atoms with Gasteiger partial charge in [-0.2, -0.15) is 10.5 Å². The number of hydrogen-bond donors (Lipinski definition) is 0. The monoisotopic (exact) mass is 624 g/mol. The average molecular weight is 625 g/mol. The second kappa shape index (κ2) is 13.3. The number of rotatable bonds is 11. The second-order valence-corrected chi connectivity index (χ2v) is 12.8. The topological polar surface area (TPSA) is 117 Å². The lowest BCUT2D eigenvalue weighted by molar-refractivity contribution is 0.0601. The lowest BCUT2D eigenvalue weighted by Gasteiger charge is -2.32. The summed E-state index contributed by atoms with van der Waals surface area (Å²) in [5.74, 6) is 1.18. The molecular weight excluding hydrogens is 591 g/mol. The van der Waals surface area contributed by atoms with Crippen LogP contribution in [0.2, 0.25) is 0 Å². The van der Waals surface area contributed by atoms with Crippen LogP contribution in [0.4, 0.5) is 4.39 Å². The van der Waals surface area contributed by atoms with E-state index < -0.39 is 5.82 Å². The van der Waals surface area contributed by atoms with Gasteiger partial charge in [-0.25, -0.2) is 19.2 Å². The predicted molar refractivity (Wildman–Crippen MR) is 167 cm³/mol. The molecule has 0 radical (unpaired) electrons. The fourth-order valence-corrected chi connectivity index (χ4v) is 6.61. The van der Waals surface area contributed by atoms with Crippen molar-refractivity contribution in [1.82, 2.24) is 19.4 Å². The fourth-order valence-electron chi connectivity index (χ4n) is 5.78. The SMILES string of the molecule is COC(=O)c1ccc2nc(CN3CCC(Oc4cccc(CSc5ccc(C#N)cc5F)n4)CC3)n(CC3(CC#N)CC3)c2c1. The zero-order valence-corrected chi connectivity index (χ0v) is 25.9. The number of aromatic nitrogens is 3. The van der Waals surface area contributed by atoms with Crippen molar-refractivity contribution in [2.45, 2.75) is 61.9 Å². The molecule has 1 saturated heterocycles. The predicted octanol–water partition coefficient (Wildman–Crippen LogP) is 6.26. The summed E-state index contributed by atoms with van der Waals surface area (Å²) in [5.41, 5.74) is 3.26. The maximum absolute atomic E-state index is 14.3. The summed E-state index contributed by atoms with van der Waals surface area (Å²) in [6.07, 6.45) is 4.23. The zero-order chi connectivity index (χ0) is 31.4. The highest BCUT2D eigenvalue weighted by molar-refractivity contribution is 7.98. The Morgan fingerprint density at radius 2 is 1.93 bits per heavy atom. The second-order valence-electron chi connectivity index (χ2n) is 11.8. The van der Waals surface area contributed by atoms with Crippen molar-refractivity contribution in [2.75, 3.05) is 20.2 Å². The van der Waals surface area contributed by atoms with Crippen molar-refractivity contribution in [3.63, 3.8) is 0 Å². The first-order valence-electron chi connectivity index (χ1n) is 15.0. The van der Waals surface area contributed by atoms with Crippen molar-refractivity contribution >= 4 is 28.8 Å². The molecule has 0 N–H and O–H groups in total. The minimum absolute atomic E-state index is 0.0272. The minimum Gasteiger partial charge on any atom is -0.474 e. The number of esters is 1. The first-order valence-corrected chi connectivity index (χ1v) is 16.0. The molecule has 6 rings (SSSR count). The van der Waals surface area contributed by atoms with Crippen LogP contribution in [0.3, 0.4) is 0 Å². The number of nitrogens with zero attached hydrogens (tertiary/aromatic N) is 6. The quantitative estimate of drug-likeness (QED) is 0.141. The largest absolute Gasteiger partial charge is 0.474 e. The third-order valence-corrected chi connectivity index (χ3v) is 9.64. The van der Waals surface area contributed by atoms with Crippen LogP contribution in [0.15, 0.2) is 59.5 Å². The van der Waals surface area contributed by atoms with Crippen LogP contribution in [0.5, 0.6) is 5.88 Å². The van der Waals surface area contributed by atoms with E-state index in [9.17, 15) is 14.4 Å². The smallest absolute Gasteiger partial charge is 0.337 e. The summed E-state index contributed by atoms with van der Waals surface area (Å²) < 4.78 is 27.7. The van der Waals surface area contributed by atoms with Crippen LogP contribution < -0.4 is 4.74 Å². The van der Waals surface area contributed by atoms with Gasteiger partial charge in [-0.3, -0.25) is 4.90 Å². The van der Waals surface area contributed by atoms with Crippen LogP contribution >= 0.6 is 11.8 Å². The molecule has 4 aromatic rings. The number of nitriles is 2. The van der Waals surface area contributed by atoms with Gasteiger partial charge < -0.3 is 14.0 Å². The molecule has 0 unspecified atom stereocenters. The Bertz CT molecular complexity index is 1800. The molecule has 3 heterocycles. The molecule has 230 valence electrons. The molecule has 2 aromatic carbocycles. The van der Waals surface area contributed by atoms with Crippen LogP contribution in [-0.4, -0.2) is 51.7 Å². The summed E-state index contributed by atoms with van der Waals surface area (Å²) in [4.78, 5) is 24.7. The summed E-state index contributed by atoms with van der Waals surface area (Å²) >= 11 is 1.33. The highest BCUT2D eigenvalue weighted by Crippen LogP contribution is 2.50. The van der Waals surface area contributed by atoms with Crippen LogP contribution in [0.1, 0.15) is 59.5 Å². The number of piperidine rings is 1. The number of halogens is 1. The number of ether oxygens (including phenoxy) is 2. The van der Waals surface area contributed by atoms with Gasteiger partial charge in [0, 0.05) is 48.2 Å². The van der Waals surface area contributed by atoms with E-state index >= 15 is 0 Å². The molecule has 2 aromatic heterocycles. The number of fused-ring (bicyclic) bond motifs is 1. The lowest BCUT2D eigenvalue weighted by Crippen LogP contribution is -2.38. The van der Waals surface area contributed by atoms with Gasteiger partial charge in [-0.05, 0) is 68.1 Å². The number of carbonyl (C=O) groups is 1. The van der Waals surface area contributed by atoms with Gasteiger partial charge in [-0.15, -0.1) is 11.8 Å². The Labute approximate surface area is 265 Å². The molecule has 0 amide bonds. The van der Waals surface area contributed by atoms with Gasteiger partial charge in [0.25, 0.3) is 0 Å². The Hall–Kier alpha value is -4.45. The summed E-state index contributed by atoms with van der Waals surface area (Å²) in [6.45, 7) is 3.03. The molecular formula is C34H33FN6O3S. The number of thioether (sulfide) groups is 1. The third-order valence-electron chi connectivity index (χ3n) is 8.56. The summed E-state index contributed by atoms with van der Waals surface area (Å²) in [5, 5.41) is 18.4. The number of carbonyl (C=O) groups excluding carboxylic acids is 1. The number of imidazole rings is 1. The number of hydrogen-bond acceptors (Lipinski definition) is 9. The Balaban J connectivity index is 1.08. The first-order chi connectivity index (χ1) is 21.9. The lowest BCUT2D eigenvalue weighted by atomic mass is 10.0. The van der Waals surface area contributed by atoms with E-state index in [1.807, 2.05) is 36.4 Å². The highest BCUT2D eigenvalue weighted by Gasteiger charge is 2.43. The van der Waals surface area contributed by atoms with Gasteiger partial charge >= 0.3 is 5.97 Å². The first kappa shape index (κ1) is 30.6. The molecule has 11 heteroatoms. The molecule has 45 heavy (non-hydrogen) atoms. The average Bonchev–Trinajstić information content (AvgIpc) is 3.74. The van der Waals surface area contributed by atoms with E-state index in [-0.39, 0.29) is 17.5 Å². The van der Waals surface area contributed by atoms with Gasteiger partial charge in [0.1, 0.15) is 17.7 Å². The maximum Gasteiger partial charge on any atom is 0.337 e. The minimum atomic E-state index is -0.408. The normalized spacial score (nSPS) is 16.2. The van der Waals surface area contributed by atoms with E-state index in [0.717, 1.165) is 61.3 Å². The Morgan fingerprint density at radius 1 is 1.11 bits per heavy atom. The molecule has 1 aliphatic heterocycles. The summed E-state index contributed by atoms with van der Waals surface area (Å²) in [6, 6.07) is 19.9. The van der Waals surface area contributed by atoms with Gasteiger partial charge in [0.15, 0.2) is 0 Å². The van der Waals surface area contributed by atoms with Gasteiger partial charge in [-0.1, -0.05) is 6.07 Å². The van der Waals surface area contributed by atoms with Crippen LogP contribution in [0.25, 0.3) is 11.0 Å². The third kappa shape index (κ3) is 7.11. The molecule has 0 spiro atoms. The van der Waals surface area contributed by atoms with Gasteiger partial charge in [0.05, 0.1) is 53.6 Å². The van der Waals surface area contributed by atoms with E-state index in [1.54, 1.807) is 18.2 Å². The van der Waals surface area contributed by atoms with E-state index in [1.165, 1.54) is 24.9 Å². The molecule has 0 atom stereocenters. The number of methoxy groups -OCH3 is 1. The zero-order valence-electron chi connectivity index (χ0n) is 25.0. The van der Waals surface area contributed by atoms with Crippen molar-refractivity contribution in [3.05, 3.63) is 83.1 Å². The van der Waals surface area contributed by atoms with Crippen molar-refractivity contribution in [3.8, 4) is 18.0 Å². The van der Waals surface area contributed by atoms with E-state index in [0.29, 0.717) is 47.2 Å². The van der Waals surface area contributed by atoms with Crippen molar-refractivity contribution < 1.29 is 18.7 Å². The maximum atomic E-state index is 14.3. The van der Waals surface area contributed by atoms with Crippen molar-refractivity contribution in [2.24, 2.45) is 5.41 Å². The molecule has 9 nitrogen and oxygen atoms in total. The molecule has 2 fully saturated rings. The molecule has 0 bridgehead atoms. The van der Waals surface area contributed by atoms with E-state index in [4.69, 9.17) is 19.7 Å². The number of pyridine rings is 1. The molecule has 1 saturated carbocycles. The molecule has 1 aliphatic carbocycles. The van der Waals surface area contributed by atoms with Crippen molar-refractivity contribution in [1.29, 1.82) is 10.5 Å². The standard InChI is InChI=1S/C34H33FN6O3S/c1-43-33(42)24-6-7-28-29(18-24)41(22-34(11-12-34)13-14-36)31(39-28)20-40-15-9-26(10-16-40)44-32-4-2-3-25(38-32)21-45-30-8-5-23(19-37)17-27(30)35/h2-8,17-18,26H,9-13,15-16,20-22H2,1H3.